The Hall–Kier alpha value is -0.570. The van der Waals surface area contributed by atoms with E-state index in [9.17, 15) is 9.90 Å². The summed E-state index contributed by atoms with van der Waals surface area (Å²) in [5, 5.41) is 12.7. The van der Waals surface area contributed by atoms with Gasteiger partial charge in [0.2, 0.25) is 5.91 Å². The largest absolute Gasteiger partial charge is 0.388 e. The molecule has 3 heteroatoms. The molecule has 0 aromatic heterocycles. The van der Waals surface area contributed by atoms with Crippen LogP contribution in [0.2, 0.25) is 0 Å². The van der Waals surface area contributed by atoms with E-state index in [-0.39, 0.29) is 5.91 Å². The van der Waals surface area contributed by atoms with Crippen LogP contribution in [-0.4, -0.2) is 23.2 Å². The van der Waals surface area contributed by atoms with Gasteiger partial charge in [0.15, 0.2) is 0 Å². The summed E-state index contributed by atoms with van der Waals surface area (Å²) in [6.45, 7) is 2.65. The second-order valence-electron chi connectivity index (χ2n) is 5.37. The maximum absolute atomic E-state index is 11.5. The van der Waals surface area contributed by atoms with Gasteiger partial charge in [-0.1, -0.05) is 39.0 Å². The van der Waals surface area contributed by atoms with Gasteiger partial charge in [-0.2, -0.15) is 0 Å². The molecule has 0 aromatic carbocycles. The van der Waals surface area contributed by atoms with Crippen LogP contribution in [0.3, 0.4) is 0 Å². The third-order valence-electron chi connectivity index (χ3n) is 3.66. The molecule has 17 heavy (non-hydrogen) atoms. The highest BCUT2D eigenvalue weighted by molar-refractivity contribution is 5.75. The maximum Gasteiger partial charge on any atom is 0.220 e. The second kappa shape index (κ2) is 7.70. The summed E-state index contributed by atoms with van der Waals surface area (Å²) in [6, 6.07) is 0. The van der Waals surface area contributed by atoms with E-state index >= 15 is 0 Å². The van der Waals surface area contributed by atoms with Gasteiger partial charge in [0.05, 0.1) is 5.60 Å². The highest BCUT2D eigenvalue weighted by Crippen LogP contribution is 2.30. The Morgan fingerprint density at radius 2 is 1.82 bits per heavy atom. The Morgan fingerprint density at radius 1 is 1.18 bits per heavy atom. The lowest BCUT2D eigenvalue weighted by Crippen LogP contribution is -2.47. The fourth-order valence-electron chi connectivity index (χ4n) is 2.18. The molecule has 2 N–H and O–H groups in total. The Bertz CT molecular complexity index is 224. The van der Waals surface area contributed by atoms with Crippen molar-refractivity contribution in [3.8, 4) is 0 Å². The molecule has 1 aliphatic rings. The van der Waals surface area contributed by atoms with E-state index in [1.54, 1.807) is 0 Å². The summed E-state index contributed by atoms with van der Waals surface area (Å²) in [7, 11) is 0. The lowest BCUT2D eigenvalue weighted by atomic mass is 9.80. The lowest BCUT2D eigenvalue weighted by molar-refractivity contribution is -0.123. The Balaban J connectivity index is 1.90. The first kappa shape index (κ1) is 14.5. The van der Waals surface area contributed by atoms with Gasteiger partial charge >= 0.3 is 0 Å². The molecule has 0 heterocycles. The molecule has 1 aliphatic carbocycles. The normalized spacial score (nSPS) is 17.5. The maximum atomic E-state index is 11.5. The number of hydrogen-bond donors (Lipinski definition) is 2. The van der Waals surface area contributed by atoms with Crippen LogP contribution in [0.25, 0.3) is 0 Å². The Labute approximate surface area is 105 Å². The molecule has 0 aromatic rings. The molecule has 0 spiro atoms. The first-order valence-electron chi connectivity index (χ1n) is 7.15. The number of unbranched alkanes of at least 4 members (excludes halogenated alkanes) is 5. The van der Waals surface area contributed by atoms with Crippen molar-refractivity contribution < 1.29 is 9.90 Å². The summed E-state index contributed by atoms with van der Waals surface area (Å²) < 4.78 is 0. The molecular weight excluding hydrogens is 214 g/mol. The van der Waals surface area contributed by atoms with Gasteiger partial charge in [-0.15, -0.1) is 0 Å². The van der Waals surface area contributed by atoms with Crippen molar-refractivity contribution in [1.82, 2.24) is 5.32 Å². The number of rotatable bonds is 9. The Morgan fingerprint density at radius 3 is 2.41 bits per heavy atom. The summed E-state index contributed by atoms with van der Waals surface area (Å²) in [5.41, 5.74) is -0.587. The smallest absolute Gasteiger partial charge is 0.220 e. The van der Waals surface area contributed by atoms with E-state index in [0.29, 0.717) is 13.0 Å². The first-order valence-corrected chi connectivity index (χ1v) is 7.15. The molecule has 1 fully saturated rings. The van der Waals surface area contributed by atoms with Gasteiger partial charge in [-0.05, 0) is 25.7 Å². The molecular formula is C14H27NO2. The Kier molecular flexibility index (Phi) is 6.56. The van der Waals surface area contributed by atoms with Crippen molar-refractivity contribution in [3.63, 3.8) is 0 Å². The molecule has 3 nitrogen and oxygen atoms in total. The van der Waals surface area contributed by atoms with E-state index < -0.39 is 5.60 Å². The quantitative estimate of drug-likeness (QED) is 0.610. The monoisotopic (exact) mass is 241 g/mol. The van der Waals surface area contributed by atoms with E-state index in [1.165, 1.54) is 25.7 Å². The van der Waals surface area contributed by atoms with E-state index in [1.807, 2.05) is 0 Å². The predicted octanol–water partition coefficient (Wildman–Crippen LogP) is 2.77. The minimum absolute atomic E-state index is 0.0980. The van der Waals surface area contributed by atoms with Gasteiger partial charge in [0.25, 0.3) is 0 Å². The van der Waals surface area contributed by atoms with Crippen molar-refractivity contribution in [1.29, 1.82) is 0 Å². The molecule has 1 rings (SSSR count). The van der Waals surface area contributed by atoms with Gasteiger partial charge in [0.1, 0.15) is 0 Å². The van der Waals surface area contributed by atoms with Crippen molar-refractivity contribution in [3.05, 3.63) is 0 Å². The summed E-state index contributed by atoms with van der Waals surface area (Å²) in [5.74, 6) is 0.0980. The van der Waals surface area contributed by atoms with E-state index in [4.69, 9.17) is 0 Å². The number of carbonyl (C=O) groups is 1. The zero-order chi connectivity index (χ0) is 12.6. The third kappa shape index (κ3) is 6.06. The van der Waals surface area contributed by atoms with Crippen LogP contribution >= 0.6 is 0 Å². The minimum Gasteiger partial charge on any atom is -0.388 e. The van der Waals surface area contributed by atoms with Gasteiger partial charge in [0, 0.05) is 13.0 Å². The van der Waals surface area contributed by atoms with Crippen LogP contribution in [-0.2, 0) is 4.79 Å². The number of hydrogen-bond acceptors (Lipinski definition) is 2. The van der Waals surface area contributed by atoms with Crippen LogP contribution in [0, 0.1) is 0 Å². The molecule has 1 saturated carbocycles. The summed E-state index contributed by atoms with van der Waals surface area (Å²) >= 11 is 0. The molecule has 0 radical (unpaired) electrons. The first-order chi connectivity index (χ1) is 8.16. The molecule has 0 unspecified atom stereocenters. The standard InChI is InChI=1S/C14H27NO2/c1-2-3-4-5-6-7-9-13(16)15-12-14(17)10-8-11-14/h17H,2-12H2,1H3,(H,15,16). The van der Waals surface area contributed by atoms with Gasteiger partial charge < -0.3 is 10.4 Å². The summed E-state index contributed by atoms with van der Waals surface area (Å²) in [6.07, 6.45) is 10.6. The van der Waals surface area contributed by atoms with Crippen LogP contribution in [0.4, 0.5) is 0 Å². The van der Waals surface area contributed by atoms with Crippen LogP contribution < -0.4 is 5.32 Å². The molecule has 1 amide bonds. The lowest BCUT2D eigenvalue weighted by Gasteiger charge is -2.36. The molecule has 0 atom stereocenters. The topological polar surface area (TPSA) is 49.3 Å². The SMILES string of the molecule is CCCCCCCCC(=O)NCC1(O)CCC1. The number of amides is 1. The molecule has 0 bridgehead atoms. The second-order valence-corrected chi connectivity index (χ2v) is 5.37. The van der Waals surface area contributed by atoms with E-state index in [2.05, 4.69) is 12.2 Å². The molecule has 0 saturated heterocycles. The van der Waals surface area contributed by atoms with Crippen LogP contribution in [0.1, 0.15) is 71.1 Å². The summed E-state index contributed by atoms with van der Waals surface area (Å²) in [4.78, 5) is 11.5. The number of nitrogens with one attached hydrogen (secondary N) is 1. The van der Waals surface area contributed by atoms with Crippen molar-refractivity contribution >= 4 is 5.91 Å². The van der Waals surface area contributed by atoms with Crippen molar-refractivity contribution in [2.24, 2.45) is 0 Å². The van der Waals surface area contributed by atoms with Crippen molar-refractivity contribution in [2.75, 3.05) is 6.54 Å². The zero-order valence-corrected chi connectivity index (χ0v) is 11.1. The molecule has 100 valence electrons. The molecule has 0 aliphatic heterocycles. The predicted molar refractivity (Wildman–Crippen MR) is 69.8 cm³/mol. The zero-order valence-electron chi connectivity index (χ0n) is 11.1. The number of carbonyl (C=O) groups excluding carboxylic acids is 1. The highest BCUT2D eigenvalue weighted by Gasteiger charge is 2.34. The average molecular weight is 241 g/mol. The van der Waals surface area contributed by atoms with Gasteiger partial charge in [-0.3, -0.25) is 4.79 Å². The number of aliphatic hydroxyl groups is 1. The fourth-order valence-corrected chi connectivity index (χ4v) is 2.18. The highest BCUT2D eigenvalue weighted by atomic mass is 16.3. The third-order valence-corrected chi connectivity index (χ3v) is 3.66. The van der Waals surface area contributed by atoms with Crippen LogP contribution in [0.15, 0.2) is 0 Å². The van der Waals surface area contributed by atoms with Crippen molar-refractivity contribution in [2.45, 2.75) is 76.7 Å². The van der Waals surface area contributed by atoms with Gasteiger partial charge in [-0.25, -0.2) is 0 Å². The fraction of sp³-hybridized carbons (Fsp3) is 0.929. The minimum atomic E-state index is -0.587. The average Bonchev–Trinajstić information content (AvgIpc) is 2.28. The van der Waals surface area contributed by atoms with Crippen LogP contribution in [0.5, 0.6) is 0 Å². The van der Waals surface area contributed by atoms with E-state index in [0.717, 1.165) is 32.1 Å².